The first kappa shape index (κ1) is 35.4. The van der Waals surface area contributed by atoms with Gasteiger partial charge < -0.3 is 14.5 Å². The molecule has 61 heavy (non-hydrogen) atoms. The quantitative estimate of drug-likeness (QED) is 0.156. The van der Waals surface area contributed by atoms with Crippen LogP contribution in [0.5, 0.6) is 5.75 Å². The van der Waals surface area contributed by atoms with Crippen LogP contribution in [-0.2, 0) is 5.41 Å². The van der Waals surface area contributed by atoms with E-state index in [0.29, 0.717) is 0 Å². The summed E-state index contributed by atoms with van der Waals surface area (Å²) < 4.78 is 6.53. The van der Waals surface area contributed by atoms with Gasteiger partial charge in [-0.25, -0.2) is 0 Å². The van der Waals surface area contributed by atoms with Crippen molar-refractivity contribution in [2.75, 3.05) is 9.80 Å². The first-order valence-electron chi connectivity index (χ1n) is 21.4. The van der Waals surface area contributed by atoms with Gasteiger partial charge in [0.15, 0.2) is 5.75 Å². The van der Waals surface area contributed by atoms with Crippen LogP contribution < -0.4 is 14.5 Å². The Morgan fingerprint density at radius 2 is 1.33 bits per heavy atom. The topological polar surface area (TPSA) is 15.7 Å². The maximum Gasteiger partial charge on any atom is 0.158 e. The number of hydrogen-bond acceptors (Lipinski definition) is 3. The second-order valence-corrected chi connectivity index (χ2v) is 16.4. The van der Waals surface area contributed by atoms with Crippen molar-refractivity contribution < 1.29 is 4.74 Å². The van der Waals surface area contributed by atoms with Gasteiger partial charge in [0.05, 0.1) is 28.7 Å². The first-order valence-corrected chi connectivity index (χ1v) is 21.4. The van der Waals surface area contributed by atoms with Crippen LogP contribution in [0.2, 0.25) is 0 Å². The highest BCUT2D eigenvalue weighted by Gasteiger charge is 2.54. The minimum Gasteiger partial charge on any atom is -0.462 e. The second-order valence-electron chi connectivity index (χ2n) is 16.4. The van der Waals surface area contributed by atoms with Crippen LogP contribution in [0.4, 0.5) is 28.4 Å². The second kappa shape index (κ2) is 14.0. The van der Waals surface area contributed by atoms with Crippen LogP contribution in [0, 0.1) is 0 Å². The molecule has 0 amide bonds. The Kier molecular flexibility index (Phi) is 8.13. The SMILES string of the molecule is C=C1/C=C\C=C/Oc2c1cccc2N(c1ccccc1)c1cccc2c1-c1ccccc1C21C2=C(CCC(N(c3ccccc3)c3cccc4c3C=C=C4)=C2)C2=C1CCC=C2. The molecule has 1 unspecified atom stereocenters. The summed E-state index contributed by atoms with van der Waals surface area (Å²) in [6.07, 6.45) is 23.3. The summed E-state index contributed by atoms with van der Waals surface area (Å²) in [5, 5.41) is 0. The molecule has 1 heterocycles. The highest BCUT2D eigenvalue weighted by atomic mass is 16.5. The van der Waals surface area contributed by atoms with E-state index in [1.807, 2.05) is 18.2 Å². The van der Waals surface area contributed by atoms with Crippen molar-refractivity contribution in [1.29, 1.82) is 0 Å². The van der Waals surface area contributed by atoms with Crippen LogP contribution in [0.1, 0.15) is 53.5 Å². The number of hydrogen-bond donors (Lipinski definition) is 0. The molecule has 6 aromatic rings. The highest BCUT2D eigenvalue weighted by Crippen LogP contribution is 2.67. The number of anilines is 5. The van der Waals surface area contributed by atoms with Crippen LogP contribution in [-0.4, -0.2) is 0 Å². The molecule has 0 fully saturated rings. The van der Waals surface area contributed by atoms with Gasteiger partial charge in [0.2, 0.25) is 0 Å². The molecule has 0 saturated carbocycles. The number of allylic oxidation sites excluding steroid dienone is 12. The molecule has 0 N–H and O–H groups in total. The van der Waals surface area contributed by atoms with Gasteiger partial charge in [-0.2, -0.15) is 0 Å². The Balaban J connectivity index is 1.12. The Morgan fingerprint density at radius 1 is 0.607 bits per heavy atom. The van der Waals surface area contributed by atoms with Gasteiger partial charge in [-0.15, -0.1) is 5.73 Å². The van der Waals surface area contributed by atoms with Crippen LogP contribution in [0.15, 0.2) is 223 Å². The molecular weight excluding hydrogens is 741 g/mol. The summed E-state index contributed by atoms with van der Waals surface area (Å²) in [5.74, 6) is 0.780. The zero-order valence-electron chi connectivity index (χ0n) is 33.8. The minimum absolute atomic E-state index is 0.461. The molecule has 3 heteroatoms. The van der Waals surface area contributed by atoms with Crippen molar-refractivity contribution >= 4 is 46.2 Å². The van der Waals surface area contributed by atoms with E-state index in [4.69, 9.17) is 4.74 Å². The Labute approximate surface area is 357 Å². The highest BCUT2D eigenvalue weighted by molar-refractivity contribution is 6.00. The summed E-state index contributed by atoms with van der Waals surface area (Å²) >= 11 is 0. The maximum absolute atomic E-state index is 6.53. The molecule has 1 aliphatic heterocycles. The predicted molar refractivity (Wildman–Crippen MR) is 252 cm³/mol. The fourth-order valence-electron chi connectivity index (χ4n) is 10.9. The van der Waals surface area contributed by atoms with Gasteiger partial charge in [-0.3, -0.25) is 0 Å². The predicted octanol–water partition coefficient (Wildman–Crippen LogP) is 15.0. The molecule has 1 spiro atoms. The molecule has 1 atom stereocenters. The van der Waals surface area contributed by atoms with Crippen LogP contribution >= 0.6 is 0 Å². The third-order valence-corrected chi connectivity index (χ3v) is 13.3. The average molecular weight is 783 g/mol. The third kappa shape index (κ3) is 5.24. The molecular formula is C58H42N2O. The number of nitrogens with zero attached hydrogens (tertiary/aromatic N) is 2. The van der Waals surface area contributed by atoms with E-state index in [9.17, 15) is 0 Å². The van der Waals surface area contributed by atoms with E-state index in [2.05, 4.69) is 192 Å². The maximum atomic E-state index is 6.53. The number of ether oxygens (including phenoxy) is 1. The average Bonchev–Trinajstić information content (AvgIpc) is 4.00. The van der Waals surface area contributed by atoms with Crippen molar-refractivity contribution in [1.82, 2.24) is 0 Å². The van der Waals surface area contributed by atoms with Gasteiger partial charge in [-0.05, 0) is 143 Å². The number of benzene rings is 6. The van der Waals surface area contributed by atoms with E-state index >= 15 is 0 Å². The summed E-state index contributed by atoms with van der Waals surface area (Å²) in [7, 11) is 0. The van der Waals surface area contributed by atoms with Crippen molar-refractivity contribution in [3.63, 3.8) is 0 Å². The molecule has 290 valence electrons. The Bertz CT molecular complexity index is 3110. The van der Waals surface area contributed by atoms with E-state index in [0.717, 1.165) is 65.3 Å². The molecule has 6 aliphatic rings. The van der Waals surface area contributed by atoms with E-state index < -0.39 is 5.41 Å². The molecule has 0 saturated heterocycles. The summed E-state index contributed by atoms with van der Waals surface area (Å²) in [4.78, 5) is 4.91. The minimum atomic E-state index is -0.461. The van der Waals surface area contributed by atoms with Gasteiger partial charge in [0.25, 0.3) is 0 Å². The van der Waals surface area contributed by atoms with Crippen LogP contribution in [0.3, 0.4) is 0 Å². The standard InChI is InChI=1S/C58H42N2O/c1-39-18-12-13-37-61-57-44(39)27-16-34-55(57)60(42-23-6-3-7-24-42)54-33-17-31-51-56(54)48-26-9-11-30-50(48)58(51)49-29-10-8-25-46(49)47-36-35-43(38-52(47)58)59(41-21-4-2-5-22-41)53-32-15-20-40-19-14-28-45(40)53/h2-9,11-13,15-28,30-34,37-38H,1,10,29,35-36H2/b18-12-,37-13-. The summed E-state index contributed by atoms with van der Waals surface area (Å²) in [5.41, 5.74) is 25.1. The molecule has 5 aliphatic carbocycles. The summed E-state index contributed by atoms with van der Waals surface area (Å²) in [6.45, 7) is 4.44. The van der Waals surface area contributed by atoms with Crippen molar-refractivity contribution in [3.05, 3.63) is 250 Å². The van der Waals surface area contributed by atoms with E-state index in [1.54, 1.807) is 6.26 Å². The van der Waals surface area contributed by atoms with Gasteiger partial charge in [0, 0.05) is 33.8 Å². The zero-order valence-corrected chi connectivity index (χ0v) is 33.8. The molecule has 0 aromatic heterocycles. The van der Waals surface area contributed by atoms with Gasteiger partial charge in [-0.1, -0.05) is 128 Å². The zero-order chi connectivity index (χ0) is 40.5. The van der Waals surface area contributed by atoms with E-state index in [-0.39, 0.29) is 0 Å². The number of para-hydroxylation sites is 3. The largest absolute Gasteiger partial charge is 0.462 e. The molecule has 12 rings (SSSR count). The lowest BCUT2D eigenvalue weighted by Crippen LogP contribution is -2.30. The van der Waals surface area contributed by atoms with Crippen molar-refractivity contribution in [2.45, 2.75) is 31.1 Å². The Morgan fingerprint density at radius 3 is 2.20 bits per heavy atom. The third-order valence-electron chi connectivity index (χ3n) is 13.3. The molecule has 6 aromatic carbocycles. The lowest BCUT2D eigenvalue weighted by molar-refractivity contribution is 0.480. The smallest absolute Gasteiger partial charge is 0.158 e. The fraction of sp³-hybridized carbons (Fsp3) is 0.0862. The fourth-order valence-corrected chi connectivity index (χ4v) is 10.9. The van der Waals surface area contributed by atoms with Crippen molar-refractivity contribution in [3.8, 4) is 16.9 Å². The lowest BCUT2D eigenvalue weighted by atomic mass is 9.66. The van der Waals surface area contributed by atoms with E-state index in [1.165, 1.54) is 67.1 Å². The molecule has 0 bridgehead atoms. The van der Waals surface area contributed by atoms with Gasteiger partial charge >= 0.3 is 0 Å². The Hall–Kier alpha value is -7.58. The van der Waals surface area contributed by atoms with Crippen LogP contribution in [0.25, 0.3) is 28.9 Å². The normalized spacial score (nSPS) is 19.5. The number of rotatable bonds is 6. The first-order chi connectivity index (χ1) is 30.2. The van der Waals surface area contributed by atoms with Gasteiger partial charge in [0.1, 0.15) is 0 Å². The molecule has 0 radical (unpaired) electrons. The monoisotopic (exact) mass is 782 g/mol. The molecule has 3 nitrogen and oxygen atoms in total. The lowest BCUT2D eigenvalue weighted by Gasteiger charge is -2.37. The number of fused-ring (bicyclic) bond motifs is 10. The summed E-state index contributed by atoms with van der Waals surface area (Å²) in [6, 6.07) is 50.9. The van der Waals surface area contributed by atoms with Crippen molar-refractivity contribution in [2.24, 2.45) is 0 Å².